The minimum Gasteiger partial charge on any atom is -0.478 e. The fraction of sp³-hybridized carbons (Fsp3) is 0.125. The number of benzene rings is 2. The van der Waals surface area contributed by atoms with E-state index in [-0.39, 0.29) is 16.9 Å². The first-order chi connectivity index (χ1) is 12.6. The Bertz CT molecular complexity index is 969. The van der Waals surface area contributed by atoms with Crippen LogP contribution in [0.25, 0.3) is 0 Å². The van der Waals surface area contributed by atoms with Gasteiger partial charge in [-0.25, -0.2) is 18.4 Å². The van der Waals surface area contributed by atoms with Crippen molar-refractivity contribution in [2.45, 2.75) is 13.8 Å². The first-order valence-electron chi connectivity index (χ1n) is 7.01. The van der Waals surface area contributed by atoms with Crippen LogP contribution in [0.3, 0.4) is 0 Å². The second-order valence-corrected chi connectivity index (χ2v) is 7.16. The number of hydrogen-bond donors (Lipinski definition) is 4. The van der Waals surface area contributed by atoms with Crippen molar-refractivity contribution in [3.8, 4) is 0 Å². The van der Waals surface area contributed by atoms with Crippen LogP contribution in [-0.2, 0) is 10.4 Å². The normalized spacial score (nSPS) is 10.1. The van der Waals surface area contributed by atoms with Gasteiger partial charge in [0.25, 0.3) is 0 Å². The zero-order chi connectivity index (χ0) is 22.2. The first-order valence-corrected chi connectivity index (χ1v) is 9.49. The van der Waals surface area contributed by atoms with Crippen molar-refractivity contribution >= 4 is 44.9 Å². The van der Waals surface area contributed by atoms with E-state index in [9.17, 15) is 18.4 Å². The van der Waals surface area contributed by atoms with E-state index < -0.39 is 28.2 Å². The van der Waals surface area contributed by atoms with E-state index in [0.29, 0.717) is 14.7 Å². The topological polar surface area (TPSA) is 149 Å². The highest BCUT2D eigenvalue weighted by Gasteiger charge is 2.10. The van der Waals surface area contributed by atoms with Crippen LogP contribution in [0.1, 0.15) is 31.8 Å². The van der Waals surface area contributed by atoms with E-state index in [1.54, 1.807) is 36.4 Å². The summed E-state index contributed by atoms with van der Waals surface area (Å²) < 4.78 is 57.2. The Morgan fingerprint density at radius 2 is 1.32 bits per heavy atom. The summed E-state index contributed by atoms with van der Waals surface area (Å²) in [5.41, 5.74) is 1.19. The van der Waals surface area contributed by atoms with Crippen LogP contribution in [-0.4, -0.2) is 39.7 Å². The molecule has 0 aliphatic heterocycles. The molecular weight excluding hydrogens is 517 g/mol. The van der Waals surface area contributed by atoms with Crippen molar-refractivity contribution in [2.75, 3.05) is 0 Å². The predicted octanol–water partition coefficient (Wildman–Crippen LogP) is 3.62. The lowest BCUT2D eigenvalue weighted by Gasteiger charge is -2.01. The Labute approximate surface area is 172 Å². The van der Waals surface area contributed by atoms with Gasteiger partial charge >= 0.3 is 22.3 Å². The Morgan fingerprint density at radius 3 is 1.71 bits per heavy atom. The van der Waals surface area contributed by atoms with Gasteiger partial charge in [-0.2, -0.15) is 8.42 Å². The third-order valence-corrected chi connectivity index (χ3v) is 3.74. The molecule has 0 bridgehead atoms. The molecule has 0 fully saturated rings. The van der Waals surface area contributed by atoms with Gasteiger partial charge in [0.2, 0.25) is 0 Å². The lowest BCUT2D eigenvalue weighted by molar-refractivity contribution is 0.0685. The third-order valence-electron chi connectivity index (χ3n) is 2.92. The smallest absolute Gasteiger partial charge is 0.394 e. The van der Waals surface area contributed by atoms with Crippen molar-refractivity contribution in [1.82, 2.24) is 0 Å². The van der Waals surface area contributed by atoms with Gasteiger partial charge in [-0.05, 0) is 77.9 Å². The van der Waals surface area contributed by atoms with E-state index in [4.69, 9.17) is 27.7 Å². The summed E-state index contributed by atoms with van der Waals surface area (Å²) in [6, 6.07) is 6.14. The largest absolute Gasteiger partial charge is 0.478 e. The minimum absolute atomic E-state index is 0.145. The maximum atomic E-state index is 12.8. The van der Waals surface area contributed by atoms with Gasteiger partial charge in [-0.1, -0.05) is 0 Å². The molecule has 0 unspecified atom stereocenters. The lowest BCUT2D eigenvalue weighted by Crippen LogP contribution is -2.01. The summed E-state index contributed by atoms with van der Waals surface area (Å²) >= 11 is 1.76. The Hall–Kier alpha value is -2.16. The fourth-order valence-electron chi connectivity index (χ4n) is 1.74. The summed E-state index contributed by atoms with van der Waals surface area (Å²) in [5, 5.41) is 17.2. The molecule has 2 aromatic rings. The van der Waals surface area contributed by atoms with E-state index >= 15 is 0 Å². The van der Waals surface area contributed by atoms with Crippen LogP contribution in [0, 0.1) is 29.1 Å². The lowest BCUT2D eigenvalue weighted by atomic mass is 10.1. The molecular formula is C16H15F2IO8S. The Morgan fingerprint density at radius 1 is 0.893 bits per heavy atom. The maximum absolute atomic E-state index is 12.8. The Kier molecular flexibility index (Phi) is 10.1. The van der Waals surface area contributed by atoms with Crippen molar-refractivity contribution in [3.05, 3.63) is 67.8 Å². The summed E-state index contributed by atoms with van der Waals surface area (Å²) in [4.78, 5) is 21.0. The van der Waals surface area contributed by atoms with Crippen molar-refractivity contribution in [2.24, 2.45) is 0 Å². The van der Waals surface area contributed by atoms with Crippen LogP contribution < -0.4 is 0 Å². The molecule has 8 nitrogen and oxygen atoms in total. The van der Waals surface area contributed by atoms with Crippen molar-refractivity contribution < 1.29 is 46.1 Å². The molecule has 0 heterocycles. The van der Waals surface area contributed by atoms with Crippen LogP contribution in [0.15, 0.2) is 30.3 Å². The molecule has 0 saturated heterocycles. The SMILES string of the molecule is Cc1cc(F)c(I)cc1C(=O)O.Cc1cc(F)ccc1C(=O)O.O=S(=O)(O)O. The molecule has 0 atom stereocenters. The molecule has 4 N–H and O–H groups in total. The highest BCUT2D eigenvalue weighted by atomic mass is 127. The molecule has 0 amide bonds. The van der Waals surface area contributed by atoms with Gasteiger partial charge < -0.3 is 10.2 Å². The molecule has 28 heavy (non-hydrogen) atoms. The molecule has 12 heteroatoms. The van der Waals surface area contributed by atoms with Gasteiger partial charge in [0.05, 0.1) is 11.1 Å². The molecule has 0 radical (unpaired) electrons. The van der Waals surface area contributed by atoms with Crippen LogP contribution >= 0.6 is 22.6 Å². The third kappa shape index (κ3) is 10.2. The number of carbonyl (C=O) groups is 2. The molecule has 154 valence electrons. The molecule has 0 spiro atoms. The monoisotopic (exact) mass is 532 g/mol. The minimum atomic E-state index is -4.67. The van der Waals surface area contributed by atoms with Gasteiger partial charge in [-0.15, -0.1) is 0 Å². The van der Waals surface area contributed by atoms with E-state index in [0.717, 1.165) is 6.07 Å². The zero-order valence-corrected chi connectivity index (χ0v) is 17.3. The summed E-state index contributed by atoms with van der Waals surface area (Å²) in [5.74, 6) is -2.83. The van der Waals surface area contributed by atoms with Crippen LogP contribution in [0.2, 0.25) is 0 Å². The molecule has 0 aromatic heterocycles. The highest BCUT2D eigenvalue weighted by molar-refractivity contribution is 14.1. The van der Waals surface area contributed by atoms with Crippen molar-refractivity contribution in [3.63, 3.8) is 0 Å². The average Bonchev–Trinajstić information content (AvgIpc) is 2.49. The summed E-state index contributed by atoms with van der Waals surface area (Å²) in [6.07, 6.45) is 0. The standard InChI is InChI=1S/C8H6FIO2.C8H7FO2.H2O4S/c1-4-2-6(9)7(10)3-5(4)8(11)12;1-5-4-6(9)2-3-7(5)8(10)11;1-5(2,3)4/h2-3H,1H3,(H,11,12);2-4H,1H3,(H,10,11);(H2,1,2,3,4). The van der Waals surface area contributed by atoms with Crippen LogP contribution in [0.4, 0.5) is 8.78 Å². The summed E-state index contributed by atoms with van der Waals surface area (Å²) in [6.45, 7) is 3.13. The quantitative estimate of drug-likeness (QED) is 0.339. The van der Waals surface area contributed by atoms with E-state index in [2.05, 4.69) is 0 Å². The number of carboxylic acids is 2. The van der Waals surface area contributed by atoms with Gasteiger partial charge in [0, 0.05) is 3.57 Å². The second kappa shape index (κ2) is 11.0. The van der Waals surface area contributed by atoms with E-state index in [1.165, 1.54) is 24.3 Å². The fourth-order valence-corrected chi connectivity index (χ4v) is 2.21. The maximum Gasteiger partial charge on any atom is 0.394 e. The molecule has 2 aromatic carbocycles. The van der Waals surface area contributed by atoms with E-state index in [1.807, 2.05) is 0 Å². The van der Waals surface area contributed by atoms with Gasteiger partial charge in [0.15, 0.2) is 0 Å². The number of carboxylic acid groups (broad SMARTS) is 2. The van der Waals surface area contributed by atoms with Crippen LogP contribution in [0.5, 0.6) is 0 Å². The zero-order valence-electron chi connectivity index (χ0n) is 14.4. The number of rotatable bonds is 2. The first kappa shape index (κ1) is 25.8. The van der Waals surface area contributed by atoms with Gasteiger partial charge in [0.1, 0.15) is 11.6 Å². The van der Waals surface area contributed by atoms with Gasteiger partial charge in [-0.3, -0.25) is 9.11 Å². The number of aromatic carboxylic acids is 2. The molecule has 2 rings (SSSR count). The second-order valence-electron chi connectivity index (χ2n) is 5.10. The molecule has 0 aliphatic rings. The van der Waals surface area contributed by atoms with Crippen molar-refractivity contribution in [1.29, 1.82) is 0 Å². The summed E-state index contributed by atoms with van der Waals surface area (Å²) in [7, 11) is -4.67. The average molecular weight is 532 g/mol. The number of aryl methyl sites for hydroxylation is 2. The molecule has 0 aliphatic carbocycles. The predicted molar refractivity (Wildman–Crippen MR) is 103 cm³/mol. The Balaban J connectivity index is 0.000000424. The number of hydrogen-bond acceptors (Lipinski definition) is 4. The number of halogens is 3. The highest BCUT2D eigenvalue weighted by Crippen LogP contribution is 2.17. The molecule has 0 saturated carbocycles.